The van der Waals surface area contributed by atoms with E-state index in [0.717, 1.165) is 39.3 Å². The predicted molar refractivity (Wildman–Crippen MR) is 124 cm³/mol. The monoisotopic (exact) mass is 594 g/mol. The normalized spacial score (nSPS) is 11.2. The Hall–Kier alpha value is -3.16. The van der Waals surface area contributed by atoms with Crippen molar-refractivity contribution in [3.8, 4) is 22.5 Å². The third-order valence-electron chi connectivity index (χ3n) is 5.63. The molecule has 0 aliphatic heterocycles. The minimum absolute atomic E-state index is 0. The first kappa shape index (κ1) is 22.0. The summed E-state index contributed by atoms with van der Waals surface area (Å²) in [4.78, 5) is 14.2. The van der Waals surface area contributed by atoms with Gasteiger partial charge in [0.15, 0.2) is 0 Å². The maximum atomic E-state index is 5.05. The van der Waals surface area contributed by atoms with Crippen LogP contribution in [-0.4, -0.2) is 15.0 Å². The van der Waals surface area contributed by atoms with Gasteiger partial charge in [-0.3, -0.25) is 0 Å². The SMILES string of the molecule is CC(C)(c1cccc(-c2[c-]ccnc2)n1)c1cccc(-c2[c-]ccc3ccccc23)n1.[Pt+2]. The van der Waals surface area contributed by atoms with Gasteiger partial charge in [-0.05, 0) is 37.4 Å². The van der Waals surface area contributed by atoms with Gasteiger partial charge in [0.1, 0.15) is 0 Å². The summed E-state index contributed by atoms with van der Waals surface area (Å²) in [5.74, 6) is 0. The third-order valence-corrected chi connectivity index (χ3v) is 5.63. The zero-order valence-electron chi connectivity index (χ0n) is 17.8. The Morgan fingerprint density at radius 2 is 1.44 bits per heavy atom. The quantitative estimate of drug-likeness (QED) is 0.230. The summed E-state index contributed by atoms with van der Waals surface area (Å²) < 4.78 is 0. The van der Waals surface area contributed by atoms with Crippen molar-refractivity contribution in [2.24, 2.45) is 0 Å². The number of pyridine rings is 3. The Bertz CT molecular complexity index is 1360. The summed E-state index contributed by atoms with van der Waals surface area (Å²) >= 11 is 0. The Morgan fingerprint density at radius 3 is 2.19 bits per heavy atom. The van der Waals surface area contributed by atoms with Crippen LogP contribution < -0.4 is 0 Å². The molecule has 0 saturated carbocycles. The molecule has 0 aliphatic carbocycles. The average Bonchev–Trinajstić information content (AvgIpc) is 2.84. The molecule has 0 radical (unpaired) electrons. The van der Waals surface area contributed by atoms with E-state index in [1.54, 1.807) is 18.5 Å². The first-order valence-corrected chi connectivity index (χ1v) is 10.3. The molecule has 0 unspecified atom stereocenters. The Balaban J connectivity index is 0.00000245. The maximum absolute atomic E-state index is 5.05. The van der Waals surface area contributed by atoms with Gasteiger partial charge >= 0.3 is 21.1 Å². The number of aromatic nitrogens is 3. The van der Waals surface area contributed by atoms with E-state index in [4.69, 9.17) is 9.97 Å². The number of nitrogens with zero attached hydrogens (tertiary/aromatic N) is 3. The van der Waals surface area contributed by atoms with Crippen molar-refractivity contribution in [3.05, 3.63) is 115 Å². The van der Waals surface area contributed by atoms with Gasteiger partial charge in [0.05, 0.1) is 0 Å². The van der Waals surface area contributed by atoms with Crippen LogP contribution in [0.25, 0.3) is 33.3 Å². The number of hydrogen-bond donors (Lipinski definition) is 0. The number of fused-ring (bicyclic) bond motifs is 1. The Kier molecular flexibility index (Phi) is 6.30. The zero-order chi connectivity index (χ0) is 21.3. The van der Waals surface area contributed by atoms with Gasteiger partial charge < -0.3 is 15.0 Å². The summed E-state index contributed by atoms with van der Waals surface area (Å²) in [7, 11) is 0. The van der Waals surface area contributed by atoms with Crippen molar-refractivity contribution in [2.75, 3.05) is 0 Å². The van der Waals surface area contributed by atoms with E-state index >= 15 is 0 Å². The van der Waals surface area contributed by atoms with E-state index in [-0.39, 0.29) is 26.5 Å². The summed E-state index contributed by atoms with van der Waals surface area (Å²) in [6, 6.07) is 33.0. The van der Waals surface area contributed by atoms with Crippen molar-refractivity contribution < 1.29 is 21.1 Å². The van der Waals surface area contributed by atoms with Crippen LogP contribution in [0.2, 0.25) is 0 Å². The van der Waals surface area contributed by atoms with Gasteiger partial charge in [-0.15, -0.1) is 46.8 Å². The molecule has 0 bridgehead atoms. The molecular formula is C28H21N3Pt. The molecule has 0 N–H and O–H groups in total. The minimum Gasteiger partial charge on any atom is -0.360 e. The van der Waals surface area contributed by atoms with Gasteiger partial charge in [0, 0.05) is 16.8 Å². The second kappa shape index (κ2) is 9.14. The standard InChI is InChI=1S/C28H21N3.Pt/c1-28(2,26-16-6-14-24(30-26)21-11-8-18-29-19-21)27-17-7-15-25(31-27)23-13-5-10-20-9-3-4-12-22(20)23;/h3-10,12,14-19H,1-2H3;/q-2;+2. The van der Waals surface area contributed by atoms with Crippen LogP contribution in [0.1, 0.15) is 25.2 Å². The van der Waals surface area contributed by atoms with E-state index < -0.39 is 0 Å². The maximum Gasteiger partial charge on any atom is 2.00 e. The molecule has 158 valence electrons. The van der Waals surface area contributed by atoms with E-state index in [1.165, 1.54) is 5.39 Å². The van der Waals surface area contributed by atoms with Crippen molar-refractivity contribution in [1.29, 1.82) is 0 Å². The molecule has 0 fully saturated rings. The van der Waals surface area contributed by atoms with Gasteiger partial charge in [-0.1, -0.05) is 66.3 Å². The van der Waals surface area contributed by atoms with Crippen molar-refractivity contribution >= 4 is 10.8 Å². The molecule has 2 aromatic carbocycles. The van der Waals surface area contributed by atoms with Gasteiger partial charge in [-0.2, -0.15) is 0 Å². The van der Waals surface area contributed by atoms with E-state index in [9.17, 15) is 0 Å². The predicted octanol–water partition coefficient (Wildman–Crippen LogP) is 6.28. The molecule has 0 amide bonds. The zero-order valence-corrected chi connectivity index (χ0v) is 20.1. The first-order chi connectivity index (χ1) is 15.1. The molecule has 3 heterocycles. The molecular weight excluding hydrogens is 573 g/mol. The largest absolute Gasteiger partial charge is 2.00 e. The van der Waals surface area contributed by atoms with Gasteiger partial charge in [0.2, 0.25) is 0 Å². The number of hydrogen-bond acceptors (Lipinski definition) is 3. The van der Waals surface area contributed by atoms with Crippen LogP contribution in [0.5, 0.6) is 0 Å². The molecule has 0 saturated heterocycles. The van der Waals surface area contributed by atoms with Crippen LogP contribution in [-0.2, 0) is 26.5 Å². The fourth-order valence-electron chi connectivity index (χ4n) is 3.83. The number of benzene rings is 2. The Labute approximate surface area is 202 Å². The van der Waals surface area contributed by atoms with E-state index in [2.05, 4.69) is 79.5 Å². The van der Waals surface area contributed by atoms with Crippen molar-refractivity contribution in [1.82, 2.24) is 15.0 Å². The van der Waals surface area contributed by atoms with Gasteiger partial charge in [0.25, 0.3) is 0 Å². The molecule has 0 aliphatic rings. The van der Waals surface area contributed by atoms with Crippen LogP contribution in [0.3, 0.4) is 0 Å². The fourth-order valence-corrected chi connectivity index (χ4v) is 3.83. The molecule has 3 aromatic heterocycles. The second-order valence-electron chi connectivity index (χ2n) is 8.03. The van der Waals surface area contributed by atoms with Crippen LogP contribution in [0.15, 0.2) is 91.3 Å². The average molecular weight is 595 g/mol. The van der Waals surface area contributed by atoms with Crippen molar-refractivity contribution in [3.63, 3.8) is 0 Å². The van der Waals surface area contributed by atoms with Crippen LogP contribution in [0, 0.1) is 12.1 Å². The van der Waals surface area contributed by atoms with E-state index in [0.29, 0.717) is 0 Å². The molecule has 0 atom stereocenters. The summed E-state index contributed by atoms with van der Waals surface area (Å²) in [6.45, 7) is 4.32. The van der Waals surface area contributed by atoms with Crippen LogP contribution in [0.4, 0.5) is 0 Å². The molecule has 32 heavy (non-hydrogen) atoms. The topological polar surface area (TPSA) is 38.7 Å². The summed E-state index contributed by atoms with van der Waals surface area (Å²) in [6.07, 6.45) is 3.51. The summed E-state index contributed by atoms with van der Waals surface area (Å²) in [5, 5.41) is 2.34. The molecule has 0 spiro atoms. The Morgan fingerprint density at radius 1 is 0.719 bits per heavy atom. The summed E-state index contributed by atoms with van der Waals surface area (Å²) in [5.41, 5.74) is 5.21. The number of rotatable bonds is 4. The minimum atomic E-state index is -0.376. The van der Waals surface area contributed by atoms with Crippen LogP contribution >= 0.6 is 0 Å². The third kappa shape index (κ3) is 4.13. The van der Waals surface area contributed by atoms with Gasteiger partial charge in [-0.25, -0.2) is 0 Å². The molecule has 5 aromatic rings. The van der Waals surface area contributed by atoms with E-state index in [1.807, 2.05) is 24.3 Å². The van der Waals surface area contributed by atoms with Crippen molar-refractivity contribution in [2.45, 2.75) is 19.3 Å². The fraction of sp³-hybridized carbons (Fsp3) is 0.107. The second-order valence-corrected chi connectivity index (χ2v) is 8.03. The molecule has 4 heteroatoms. The smallest absolute Gasteiger partial charge is 0.360 e. The molecule has 3 nitrogen and oxygen atoms in total. The molecule has 5 rings (SSSR count). The first-order valence-electron chi connectivity index (χ1n) is 10.3.